The molecule has 0 radical (unpaired) electrons. The van der Waals surface area contributed by atoms with E-state index in [1.807, 2.05) is 6.92 Å². The molecule has 1 aromatic carbocycles. The van der Waals surface area contributed by atoms with Gasteiger partial charge in [-0.3, -0.25) is 9.79 Å². The molecular formula is C17H28N4O. The van der Waals surface area contributed by atoms with E-state index in [-0.39, 0.29) is 5.91 Å². The van der Waals surface area contributed by atoms with Crippen LogP contribution in [0, 0.1) is 13.8 Å². The molecule has 0 unspecified atom stereocenters. The minimum Gasteiger partial charge on any atom is -0.356 e. The van der Waals surface area contributed by atoms with E-state index >= 15 is 0 Å². The van der Waals surface area contributed by atoms with Gasteiger partial charge in [-0.1, -0.05) is 30.7 Å². The van der Waals surface area contributed by atoms with Crippen LogP contribution in [0.1, 0.15) is 36.5 Å². The monoisotopic (exact) mass is 304 g/mol. The summed E-state index contributed by atoms with van der Waals surface area (Å²) in [6, 6.07) is 6.41. The maximum Gasteiger partial charge on any atom is 0.221 e. The summed E-state index contributed by atoms with van der Waals surface area (Å²) in [4.78, 5) is 15.7. The minimum atomic E-state index is 0.0687. The molecule has 3 N–H and O–H groups in total. The summed E-state index contributed by atoms with van der Waals surface area (Å²) in [6.45, 7) is 8.26. The zero-order valence-corrected chi connectivity index (χ0v) is 14.1. The Kier molecular flexibility index (Phi) is 8.04. The van der Waals surface area contributed by atoms with Crippen LogP contribution in [0.25, 0.3) is 0 Å². The predicted octanol–water partition coefficient (Wildman–Crippen LogP) is 1.88. The van der Waals surface area contributed by atoms with Crippen molar-refractivity contribution in [1.29, 1.82) is 0 Å². The molecule has 0 fully saturated rings. The molecule has 5 nitrogen and oxygen atoms in total. The number of benzene rings is 1. The Morgan fingerprint density at radius 1 is 1.14 bits per heavy atom. The second-order valence-corrected chi connectivity index (χ2v) is 5.38. The molecule has 122 valence electrons. The van der Waals surface area contributed by atoms with Gasteiger partial charge in [0.15, 0.2) is 5.96 Å². The quantitative estimate of drug-likeness (QED) is 0.532. The van der Waals surface area contributed by atoms with Crippen molar-refractivity contribution in [3.63, 3.8) is 0 Å². The van der Waals surface area contributed by atoms with Crippen LogP contribution in [0.2, 0.25) is 0 Å². The number of guanidine groups is 1. The van der Waals surface area contributed by atoms with Gasteiger partial charge in [0.1, 0.15) is 0 Å². The first-order valence-corrected chi connectivity index (χ1v) is 7.84. The molecule has 0 aromatic heterocycles. The molecule has 22 heavy (non-hydrogen) atoms. The molecular weight excluding hydrogens is 276 g/mol. The third kappa shape index (κ3) is 6.61. The Bertz CT molecular complexity index is 511. The van der Waals surface area contributed by atoms with Crippen LogP contribution in [-0.2, 0) is 11.3 Å². The largest absolute Gasteiger partial charge is 0.356 e. The first-order chi connectivity index (χ1) is 10.6. The SMILES string of the molecule is CCCNC(=O)CCNC(=NC)NCc1ccc(C)cc1C. The fourth-order valence-corrected chi connectivity index (χ4v) is 2.09. The molecule has 0 saturated carbocycles. The smallest absolute Gasteiger partial charge is 0.221 e. The van der Waals surface area contributed by atoms with Gasteiger partial charge in [-0.05, 0) is 31.4 Å². The Hall–Kier alpha value is -2.04. The summed E-state index contributed by atoms with van der Waals surface area (Å²) in [5, 5.41) is 9.28. The average Bonchev–Trinajstić information content (AvgIpc) is 2.50. The highest BCUT2D eigenvalue weighted by atomic mass is 16.1. The number of amides is 1. The van der Waals surface area contributed by atoms with Gasteiger partial charge < -0.3 is 16.0 Å². The molecule has 1 aromatic rings. The molecule has 0 bridgehead atoms. The van der Waals surface area contributed by atoms with Crippen molar-refractivity contribution in [3.05, 3.63) is 34.9 Å². The van der Waals surface area contributed by atoms with Crippen molar-refractivity contribution in [2.75, 3.05) is 20.1 Å². The number of nitrogens with zero attached hydrogens (tertiary/aromatic N) is 1. The predicted molar refractivity (Wildman–Crippen MR) is 92.0 cm³/mol. The lowest BCUT2D eigenvalue weighted by Crippen LogP contribution is -2.39. The zero-order valence-electron chi connectivity index (χ0n) is 14.1. The molecule has 0 aliphatic carbocycles. The van der Waals surface area contributed by atoms with E-state index in [1.54, 1.807) is 7.05 Å². The second kappa shape index (κ2) is 9.82. The number of hydrogen-bond acceptors (Lipinski definition) is 2. The van der Waals surface area contributed by atoms with Crippen LogP contribution in [-0.4, -0.2) is 32.0 Å². The van der Waals surface area contributed by atoms with Crippen molar-refractivity contribution in [3.8, 4) is 0 Å². The summed E-state index contributed by atoms with van der Waals surface area (Å²) in [5.74, 6) is 0.780. The molecule has 1 rings (SSSR count). The van der Waals surface area contributed by atoms with Gasteiger partial charge in [0.2, 0.25) is 5.91 Å². The molecule has 0 atom stereocenters. The second-order valence-electron chi connectivity index (χ2n) is 5.38. The Morgan fingerprint density at radius 2 is 1.91 bits per heavy atom. The van der Waals surface area contributed by atoms with Gasteiger partial charge in [0.05, 0.1) is 0 Å². The lowest BCUT2D eigenvalue weighted by molar-refractivity contribution is -0.120. The van der Waals surface area contributed by atoms with E-state index in [0.717, 1.165) is 13.0 Å². The Balaban J connectivity index is 2.35. The number of rotatable bonds is 7. The summed E-state index contributed by atoms with van der Waals surface area (Å²) in [7, 11) is 1.73. The van der Waals surface area contributed by atoms with Gasteiger partial charge in [0.25, 0.3) is 0 Å². The summed E-state index contributed by atoms with van der Waals surface area (Å²) in [6.07, 6.45) is 1.41. The highest BCUT2D eigenvalue weighted by Crippen LogP contribution is 2.09. The van der Waals surface area contributed by atoms with E-state index in [4.69, 9.17) is 0 Å². The van der Waals surface area contributed by atoms with Gasteiger partial charge in [-0.2, -0.15) is 0 Å². The molecule has 0 spiro atoms. The van der Waals surface area contributed by atoms with Crippen LogP contribution in [0.5, 0.6) is 0 Å². The summed E-state index contributed by atoms with van der Waals surface area (Å²) in [5.41, 5.74) is 3.78. The van der Waals surface area contributed by atoms with E-state index in [0.29, 0.717) is 25.5 Å². The van der Waals surface area contributed by atoms with E-state index in [9.17, 15) is 4.79 Å². The number of nitrogens with one attached hydrogen (secondary N) is 3. The zero-order chi connectivity index (χ0) is 16.4. The lowest BCUT2D eigenvalue weighted by atomic mass is 10.1. The third-order valence-electron chi connectivity index (χ3n) is 3.38. The average molecular weight is 304 g/mol. The maximum atomic E-state index is 11.5. The summed E-state index contributed by atoms with van der Waals surface area (Å²) < 4.78 is 0. The van der Waals surface area contributed by atoms with Crippen LogP contribution >= 0.6 is 0 Å². The number of aryl methyl sites for hydroxylation is 2. The Morgan fingerprint density at radius 3 is 2.55 bits per heavy atom. The van der Waals surface area contributed by atoms with E-state index < -0.39 is 0 Å². The highest BCUT2D eigenvalue weighted by Gasteiger charge is 2.03. The van der Waals surface area contributed by atoms with E-state index in [2.05, 4.69) is 53.0 Å². The molecule has 1 amide bonds. The topological polar surface area (TPSA) is 65.5 Å². The van der Waals surface area contributed by atoms with Gasteiger partial charge in [-0.25, -0.2) is 0 Å². The molecule has 0 saturated heterocycles. The molecule has 0 heterocycles. The van der Waals surface area contributed by atoms with Crippen molar-refractivity contribution < 1.29 is 4.79 Å². The first kappa shape index (κ1) is 18.0. The van der Waals surface area contributed by atoms with Crippen molar-refractivity contribution in [2.24, 2.45) is 4.99 Å². The first-order valence-electron chi connectivity index (χ1n) is 7.84. The fourth-order valence-electron chi connectivity index (χ4n) is 2.09. The van der Waals surface area contributed by atoms with Crippen LogP contribution in [0.4, 0.5) is 0 Å². The van der Waals surface area contributed by atoms with Crippen molar-refractivity contribution in [1.82, 2.24) is 16.0 Å². The van der Waals surface area contributed by atoms with E-state index in [1.165, 1.54) is 16.7 Å². The maximum absolute atomic E-state index is 11.5. The third-order valence-corrected chi connectivity index (χ3v) is 3.38. The number of carbonyl (C=O) groups is 1. The Labute approximate surface area is 133 Å². The van der Waals surface area contributed by atoms with Crippen LogP contribution < -0.4 is 16.0 Å². The lowest BCUT2D eigenvalue weighted by Gasteiger charge is -2.13. The van der Waals surface area contributed by atoms with Gasteiger partial charge in [-0.15, -0.1) is 0 Å². The highest BCUT2D eigenvalue weighted by molar-refractivity contribution is 5.81. The molecule has 0 aliphatic rings. The van der Waals surface area contributed by atoms with Gasteiger partial charge >= 0.3 is 0 Å². The number of hydrogen-bond donors (Lipinski definition) is 3. The number of aliphatic imine (C=N–C) groups is 1. The minimum absolute atomic E-state index is 0.0687. The standard InChI is InChI=1S/C17H28N4O/c1-5-9-19-16(22)8-10-20-17(18-4)21-12-15-7-6-13(2)11-14(15)3/h6-7,11H,5,8-10,12H2,1-4H3,(H,19,22)(H2,18,20,21). The normalized spacial score (nSPS) is 11.2. The summed E-state index contributed by atoms with van der Waals surface area (Å²) >= 11 is 0. The molecule has 5 heteroatoms. The van der Waals surface area contributed by atoms with Gasteiger partial charge in [0, 0.05) is 33.1 Å². The van der Waals surface area contributed by atoms with Crippen LogP contribution in [0.3, 0.4) is 0 Å². The van der Waals surface area contributed by atoms with Crippen molar-refractivity contribution in [2.45, 2.75) is 40.2 Å². The van der Waals surface area contributed by atoms with Crippen molar-refractivity contribution >= 4 is 11.9 Å². The fraction of sp³-hybridized carbons (Fsp3) is 0.529. The molecule has 0 aliphatic heterocycles. The van der Waals surface area contributed by atoms with Crippen LogP contribution in [0.15, 0.2) is 23.2 Å². The number of carbonyl (C=O) groups excluding carboxylic acids is 1.